The van der Waals surface area contributed by atoms with E-state index in [2.05, 4.69) is 15.2 Å². The summed E-state index contributed by atoms with van der Waals surface area (Å²) in [4.78, 5) is 11.3. The summed E-state index contributed by atoms with van der Waals surface area (Å²) in [6.07, 6.45) is -1.63. The molecule has 1 unspecified atom stereocenters. The highest BCUT2D eigenvalue weighted by Gasteiger charge is 2.31. The Morgan fingerprint density at radius 3 is 2.71 bits per heavy atom. The summed E-state index contributed by atoms with van der Waals surface area (Å²) in [5, 5.41) is 5.87. The number of hydrogen-bond acceptors (Lipinski definition) is 4. The van der Waals surface area contributed by atoms with Crippen LogP contribution in [-0.2, 0) is 16.6 Å². The van der Waals surface area contributed by atoms with Crippen molar-refractivity contribution in [2.75, 3.05) is 13.7 Å². The lowest BCUT2D eigenvalue weighted by Crippen LogP contribution is -2.36. The maximum atomic E-state index is 12.1. The molecule has 0 aliphatic carbocycles. The van der Waals surface area contributed by atoms with Crippen LogP contribution in [0.25, 0.3) is 0 Å². The summed E-state index contributed by atoms with van der Waals surface area (Å²) in [7, 11) is 2.71. The Bertz CT molecular complexity index is 389. The third-order valence-electron chi connectivity index (χ3n) is 2.00. The van der Waals surface area contributed by atoms with Crippen molar-refractivity contribution in [1.82, 2.24) is 15.1 Å². The summed E-state index contributed by atoms with van der Waals surface area (Å²) in [6, 6.07) is -1.17. The summed E-state index contributed by atoms with van der Waals surface area (Å²) < 4.78 is 42.0. The van der Waals surface area contributed by atoms with Gasteiger partial charge in [0.15, 0.2) is 0 Å². The lowest BCUT2D eigenvalue weighted by Gasteiger charge is -2.16. The number of halogens is 3. The Balaban J connectivity index is 2.78. The third-order valence-corrected chi connectivity index (χ3v) is 2.00. The van der Waals surface area contributed by atoms with E-state index in [-0.39, 0.29) is 0 Å². The molecular formula is C9H12F3N3O2. The van der Waals surface area contributed by atoms with E-state index in [9.17, 15) is 18.0 Å². The largest absolute Gasteiger partial charge is 0.468 e. The number of carbonyl (C=O) groups is 1. The molecule has 0 spiro atoms. The molecule has 0 saturated carbocycles. The average Bonchev–Trinajstić information content (AvgIpc) is 2.63. The van der Waals surface area contributed by atoms with Gasteiger partial charge in [0, 0.05) is 18.8 Å². The molecule has 0 aromatic carbocycles. The van der Waals surface area contributed by atoms with Crippen LogP contribution < -0.4 is 5.32 Å². The Hall–Kier alpha value is -1.57. The minimum atomic E-state index is -4.39. The molecule has 0 aliphatic heterocycles. The lowest BCUT2D eigenvalue weighted by molar-refractivity contribution is -0.146. The first-order valence-corrected chi connectivity index (χ1v) is 4.70. The number of methoxy groups -OCH3 is 1. The van der Waals surface area contributed by atoms with Gasteiger partial charge in [-0.1, -0.05) is 0 Å². The Morgan fingerprint density at radius 1 is 1.65 bits per heavy atom. The number of aromatic nitrogens is 2. The van der Waals surface area contributed by atoms with E-state index in [4.69, 9.17) is 0 Å². The average molecular weight is 251 g/mol. The molecule has 1 aromatic rings. The van der Waals surface area contributed by atoms with Gasteiger partial charge in [-0.2, -0.15) is 18.3 Å². The predicted octanol–water partition coefficient (Wildman–Crippen LogP) is 0.786. The number of aryl methyl sites for hydroxylation is 1. The van der Waals surface area contributed by atoms with Gasteiger partial charge in [0.25, 0.3) is 0 Å². The second kappa shape index (κ2) is 5.17. The van der Waals surface area contributed by atoms with Gasteiger partial charge < -0.3 is 4.74 Å². The first-order valence-electron chi connectivity index (χ1n) is 4.70. The maximum absolute atomic E-state index is 12.1. The van der Waals surface area contributed by atoms with Crippen molar-refractivity contribution >= 4 is 5.97 Å². The first kappa shape index (κ1) is 13.5. The fourth-order valence-corrected chi connectivity index (χ4v) is 1.26. The molecular weight excluding hydrogens is 239 g/mol. The van der Waals surface area contributed by atoms with Crippen LogP contribution in [0, 0.1) is 0 Å². The van der Waals surface area contributed by atoms with E-state index >= 15 is 0 Å². The van der Waals surface area contributed by atoms with E-state index in [1.807, 2.05) is 0 Å². The molecule has 0 bridgehead atoms. The number of esters is 1. The van der Waals surface area contributed by atoms with Crippen molar-refractivity contribution in [3.05, 3.63) is 18.0 Å². The van der Waals surface area contributed by atoms with E-state index in [0.29, 0.717) is 5.56 Å². The predicted molar refractivity (Wildman–Crippen MR) is 52.0 cm³/mol. The van der Waals surface area contributed by atoms with Crippen molar-refractivity contribution in [3.8, 4) is 0 Å². The topological polar surface area (TPSA) is 56.1 Å². The van der Waals surface area contributed by atoms with E-state index in [1.165, 1.54) is 17.1 Å². The van der Waals surface area contributed by atoms with Gasteiger partial charge in [-0.05, 0) is 0 Å². The van der Waals surface area contributed by atoms with E-state index < -0.39 is 24.7 Å². The number of alkyl halides is 3. The fraction of sp³-hybridized carbons (Fsp3) is 0.556. The lowest BCUT2D eigenvalue weighted by atomic mass is 10.1. The van der Waals surface area contributed by atoms with Crippen LogP contribution in [0.3, 0.4) is 0 Å². The van der Waals surface area contributed by atoms with Gasteiger partial charge in [0.2, 0.25) is 0 Å². The molecule has 0 radical (unpaired) electrons. The van der Waals surface area contributed by atoms with Gasteiger partial charge in [0.05, 0.1) is 19.9 Å². The van der Waals surface area contributed by atoms with Gasteiger partial charge in [-0.25, -0.2) is 4.79 Å². The molecule has 0 amide bonds. The van der Waals surface area contributed by atoms with Crippen LogP contribution in [-0.4, -0.2) is 35.6 Å². The zero-order valence-electron chi connectivity index (χ0n) is 9.28. The van der Waals surface area contributed by atoms with Crippen LogP contribution in [0.15, 0.2) is 12.4 Å². The van der Waals surface area contributed by atoms with Crippen LogP contribution in [0.5, 0.6) is 0 Å². The summed E-state index contributed by atoms with van der Waals surface area (Å²) in [5.74, 6) is -0.790. The highest BCUT2D eigenvalue weighted by molar-refractivity contribution is 5.77. The van der Waals surface area contributed by atoms with Crippen molar-refractivity contribution < 1.29 is 22.7 Å². The molecule has 1 aromatic heterocycles. The van der Waals surface area contributed by atoms with Crippen molar-refractivity contribution in [3.63, 3.8) is 0 Å². The molecule has 17 heavy (non-hydrogen) atoms. The van der Waals surface area contributed by atoms with Crippen LogP contribution in [0.4, 0.5) is 13.2 Å². The number of nitrogens with one attached hydrogen (secondary N) is 1. The van der Waals surface area contributed by atoms with Crippen LogP contribution in [0.1, 0.15) is 11.6 Å². The monoisotopic (exact) mass is 251 g/mol. The van der Waals surface area contributed by atoms with Gasteiger partial charge in [0.1, 0.15) is 6.04 Å². The standard InChI is InChI=1S/C9H12F3N3O2/c1-15-4-6(3-14-15)7(8(16)17-2)13-5-9(10,11)12/h3-4,7,13H,5H2,1-2H3. The highest BCUT2D eigenvalue weighted by Crippen LogP contribution is 2.18. The summed E-state index contributed by atoms with van der Waals surface area (Å²) in [6.45, 7) is -1.28. The zero-order valence-corrected chi connectivity index (χ0v) is 9.28. The minimum Gasteiger partial charge on any atom is -0.468 e. The smallest absolute Gasteiger partial charge is 0.401 e. The Labute approximate surface area is 95.5 Å². The maximum Gasteiger partial charge on any atom is 0.401 e. The van der Waals surface area contributed by atoms with E-state index in [1.54, 1.807) is 7.05 Å². The second-order valence-corrected chi connectivity index (χ2v) is 3.40. The minimum absolute atomic E-state index is 0.323. The van der Waals surface area contributed by atoms with Crippen LogP contribution >= 0.6 is 0 Å². The molecule has 96 valence electrons. The molecule has 8 heteroatoms. The Kier molecular flexibility index (Phi) is 4.11. The summed E-state index contributed by atoms with van der Waals surface area (Å²) in [5.41, 5.74) is 0.323. The van der Waals surface area contributed by atoms with Gasteiger partial charge in [-0.3, -0.25) is 10.00 Å². The number of ether oxygens (including phenoxy) is 1. The van der Waals surface area contributed by atoms with Gasteiger partial charge in [-0.15, -0.1) is 0 Å². The molecule has 0 saturated heterocycles. The quantitative estimate of drug-likeness (QED) is 0.804. The number of nitrogens with zero attached hydrogens (tertiary/aromatic N) is 2. The molecule has 0 aliphatic rings. The fourth-order valence-electron chi connectivity index (χ4n) is 1.26. The van der Waals surface area contributed by atoms with Crippen LogP contribution in [0.2, 0.25) is 0 Å². The molecule has 5 nitrogen and oxygen atoms in total. The normalized spacial score (nSPS) is 13.5. The van der Waals surface area contributed by atoms with Crippen molar-refractivity contribution in [2.24, 2.45) is 7.05 Å². The second-order valence-electron chi connectivity index (χ2n) is 3.40. The molecule has 1 heterocycles. The highest BCUT2D eigenvalue weighted by atomic mass is 19.4. The zero-order chi connectivity index (χ0) is 13.1. The molecule has 1 N–H and O–H groups in total. The number of carbonyl (C=O) groups excluding carboxylic acids is 1. The van der Waals surface area contributed by atoms with E-state index in [0.717, 1.165) is 7.11 Å². The number of rotatable bonds is 4. The number of hydrogen-bond donors (Lipinski definition) is 1. The molecule has 1 atom stereocenters. The molecule has 0 fully saturated rings. The first-order chi connectivity index (χ1) is 7.83. The van der Waals surface area contributed by atoms with Crippen molar-refractivity contribution in [1.29, 1.82) is 0 Å². The SMILES string of the molecule is COC(=O)C(NCC(F)(F)F)c1cnn(C)c1. The molecule has 1 rings (SSSR count). The van der Waals surface area contributed by atoms with Crippen molar-refractivity contribution in [2.45, 2.75) is 12.2 Å². The van der Waals surface area contributed by atoms with Gasteiger partial charge >= 0.3 is 12.1 Å². The Morgan fingerprint density at radius 2 is 2.29 bits per heavy atom. The third kappa shape index (κ3) is 4.06. The summed E-state index contributed by atoms with van der Waals surface area (Å²) >= 11 is 0.